The molecule has 5 nitrogen and oxygen atoms in total. The average Bonchev–Trinajstić information content (AvgIpc) is 2.50. The molecule has 22 heavy (non-hydrogen) atoms. The molecule has 6 heteroatoms. The maximum atomic E-state index is 12.2. The van der Waals surface area contributed by atoms with Crippen molar-refractivity contribution >= 4 is 24.0 Å². The van der Waals surface area contributed by atoms with Gasteiger partial charge in [-0.15, -0.1) is 12.4 Å². The van der Waals surface area contributed by atoms with E-state index in [0.29, 0.717) is 24.4 Å². The molecule has 1 aromatic heterocycles. The summed E-state index contributed by atoms with van der Waals surface area (Å²) in [7, 11) is 0. The lowest BCUT2D eigenvalue weighted by atomic mass is 10.1. The van der Waals surface area contributed by atoms with Crippen LogP contribution in [0.2, 0.25) is 0 Å². The second-order valence-electron chi connectivity index (χ2n) is 4.60. The number of nitrogens with zero attached hydrogens (tertiary/aromatic N) is 1. The van der Waals surface area contributed by atoms with E-state index in [1.165, 1.54) is 0 Å². The Labute approximate surface area is 136 Å². The summed E-state index contributed by atoms with van der Waals surface area (Å²) in [4.78, 5) is 16.3. The largest absolute Gasteiger partial charge is 0.494 e. The molecule has 0 bridgehead atoms. The predicted octanol–water partition coefficient (Wildman–Crippen LogP) is 2.92. The SMILES string of the molecule is CCOc1ccc(NC(=O)c2ccnc(CN)c2)c(C)c1.Cl. The van der Waals surface area contributed by atoms with Crippen LogP contribution in [0.15, 0.2) is 36.5 Å². The first-order chi connectivity index (χ1) is 10.1. The number of halogens is 1. The first-order valence-electron chi connectivity index (χ1n) is 6.84. The van der Waals surface area contributed by atoms with Crippen LogP contribution in [0.4, 0.5) is 5.69 Å². The van der Waals surface area contributed by atoms with E-state index in [-0.39, 0.29) is 18.3 Å². The number of benzene rings is 1. The van der Waals surface area contributed by atoms with Crippen LogP contribution in [0.1, 0.15) is 28.5 Å². The molecule has 0 spiro atoms. The second kappa shape index (κ2) is 8.36. The molecule has 1 heterocycles. The van der Waals surface area contributed by atoms with Gasteiger partial charge in [0.1, 0.15) is 5.75 Å². The first-order valence-corrected chi connectivity index (χ1v) is 6.84. The molecule has 0 fully saturated rings. The van der Waals surface area contributed by atoms with Gasteiger partial charge in [-0.1, -0.05) is 0 Å². The zero-order chi connectivity index (χ0) is 15.2. The highest BCUT2D eigenvalue weighted by Crippen LogP contribution is 2.22. The van der Waals surface area contributed by atoms with Gasteiger partial charge in [-0.05, 0) is 49.7 Å². The van der Waals surface area contributed by atoms with Crippen molar-refractivity contribution in [1.82, 2.24) is 4.98 Å². The maximum absolute atomic E-state index is 12.2. The van der Waals surface area contributed by atoms with E-state index < -0.39 is 0 Å². The Morgan fingerprint density at radius 1 is 1.32 bits per heavy atom. The van der Waals surface area contributed by atoms with Crippen molar-refractivity contribution in [3.63, 3.8) is 0 Å². The monoisotopic (exact) mass is 321 g/mol. The Bertz CT molecular complexity index is 647. The number of pyridine rings is 1. The van der Waals surface area contributed by atoms with Crippen LogP contribution in [-0.4, -0.2) is 17.5 Å². The Kier molecular flexibility index (Phi) is 6.82. The maximum Gasteiger partial charge on any atom is 0.255 e. The lowest BCUT2D eigenvalue weighted by Crippen LogP contribution is -2.14. The molecule has 0 saturated carbocycles. The molecule has 0 aliphatic heterocycles. The quantitative estimate of drug-likeness (QED) is 0.887. The van der Waals surface area contributed by atoms with Gasteiger partial charge in [0.25, 0.3) is 5.91 Å². The molecule has 0 aliphatic carbocycles. The summed E-state index contributed by atoms with van der Waals surface area (Å²) in [6.45, 7) is 4.78. The summed E-state index contributed by atoms with van der Waals surface area (Å²) in [6, 6.07) is 8.93. The van der Waals surface area contributed by atoms with E-state index in [4.69, 9.17) is 10.5 Å². The van der Waals surface area contributed by atoms with Gasteiger partial charge < -0.3 is 15.8 Å². The van der Waals surface area contributed by atoms with Crippen molar-refractivity contribution in [3.8, 4) is 5.75 Å². The van der Waals surface area contributed by atoms with Gasteiger partial charge in [0, 0.05) is 24.0 Å². The molecule has 1 aromatic carbocycles. The predicted molar refractivity (Wildman–Crippen MR) is 89.7 cm³/mol. The van der Waals surface area contributed by atoms with Gasteiger partial charge in [-0.25, -0.2) is 0 Å². The number of anilines is 1. The fraction of sp³-hybridized carbons (Fsp3) is 0.250. The van der Waals surface area contributed by atoms with Crippen molar-refractivity contribution in [1.29, 1.82) is 0 Å². The minimum atomic E-state index is -0.181. The molecule has 2 rings (SSSR count). The van der Waals surface area contributed by atoms with Gasteiger partial charge >= 0.3 is 0 Å². The summed E-state index contributed by atoms with van der Waals surface area (Å²) in [5, 5.41) is 2.88. The van der Waals surface area contributed by atoms with E-state index in [2.05, 4.69) is 10.3 Å². The number of nitrogens with two attached hydrogens (primary N) is 1. The second-order valence-corrected chi connectivity index (χ2v) is 4.60. The van der Waals surface area contributed by atoms with Crippen LogP contribution >= 0.6 is 12.4 Å². The number of carbonyl (C=O) groups is 1. The number of ether oxygens (including phenoxy) is 1. The van der Waals surface area contributed by atoms with Crippen LogP contribution in [-0.2, 0) is 6.54 Å². The van der Waals surface area contributed by atoms with Crippen LogP contribution in [0.3, 0.4) is 0 Å². The fourth-order valence-electron chi connectivity index (χ4n) is 1.96. The highest BCUT2D eigenvalue weighted by Gasteiger charge is 2.09. The van der Waals surface area contributed by atoms with Crippen molar-refractivity contribution in [2.75, 3.05) is 11.9 Å². The standard InChI is InChI=1S/C16H19N3O2.ClH/c1-3-21-14-4-5-15(11(2)8-14)19-16(20)12-6-7-18-13(9-12)10-17;/h4-9H,3,10,17H2,1-2H3,(H,19,20);1H. The summed E-state index contributed by atoms with van der Waals surface area (Å²) >= 11 is 0. The van der Waals surface area contributed by atoms with Crippen molar-refractivity contribution in [2.45, 2.75) is 20.4 Å². The highest BCUT2D eigenvalue weighted by atomic mass is 35.5. The summed E-state index contributed by atoms with van der Waals surface area (Å²) < 4.78 is 5.43. The Balaban J connectivity index is 0.00000242. The Hall–Kier alpha value is -2.11. The summed E-state index contributed by atoms with van der Waals surface area (Å²) in [5.41, 5.74) is 8.46. The summed E-state index contributed by atoms with van der Waals surface area (Å²) in [6.07, 6.45) is 1.59. The molecule has 2 aromatic rings. The first kappa shape index (κ1) is 17.9. The Morgan fingerprint density at radius 3 is 2.73 bits per heavy atom. The van der Waals surface area contributed by atoms with Crippen molar-refractivity contribution in [3.05, 3.63) is 53.3 Å². The smallest absolute Gasteiger partial charge is 0.255 e. The van der Waals surface area contributed by atoms with E-state index in [0.717, 1.165) is 17.0 Å². The Morgan fingerprint density at radius 2 is 2.09 bits per heavy atom. The minimum absolute atomic E-state index is 0. The number of nitrogens with one attached hydrogen (secondary N) is 1. The fourth-order valence-corrected chi connectivity index (χ4v) is 1.96. The zero-order valence-corrected chi connectivity index (χ0v) is 13.4. The number of hydrogen-bond donors (Lipinski definition) is 2. The molecule has 118 valence electrons. The van der Waals surface area contributed by atoms with Crippen LogP contribution < -0.4 is 15.8 Å². The normalized spacial score (nSPS) is 9.77. The van der Waals surface area contributed by atoms with Crippen molar-refractivity contribution in [2.24, 2.45) is 5.73 Å². The van der Waals surface area contributed by atoms with E-state index >= 15 is 0 Å². The molecule has 1 amide bonds. The van der Waals surface area contributed by atoms with Gasteiger partial charge in [-0.3, -0.25) is 9.78 Å². The number of aryl methyl sites for hydroxylation is 1. The molecule has 3 N–H and O–H groups in total. The minimum Gasteiger partial charge on any atom is -0.494 e. The van der Waals surface area contributed by atoms with Gasteiger partial charge in [-0.2, -0.15) is 0 Å². The van der Waals surface area contributed by atoms with E-state index in [1.54, 1.807) is 18.3 Å². The van der Waals surface area contributed by atoms with E-state index in [1.807, 2.05) is 32.0 Å². The molecule has 0 aliphatic rings. The molecular formula is C16H20ClN3O2. The van der Waals surface area contributed by atoms with Gasteiger partial charge in [0.2, 0.25) is 0 Å². The lowest BCUT2D eigenvalue weighted by Gasteiger charge is -2.11. The number of hydrogen-bond acceptors (Lipinski definition) is 4. The van der Waals surface area contributed by atoms with E-state index in [9.17, 15) is 4.79 Å². The third kappa shape index (κ3) is 4.44. The van der Waals surface area contributed by atoms with Gasteiger partial charge in [0.05, 0.1) is 12.3 Å². The average molecular weight is 322 g/mol. The number of rotatable bonds is 5. The molecule has 0 radical (unpaired) electrons. The number of aromatic nitrogens is 1. The molecule has 0 unspecified atom stereocenters. The number of carbonyl (C=O) groups excluding carboxylic acids is 1. The van der Waals surface area contributed by atoms with Gasteiger partial charge in [0.15, 0.2) is 0 Å². The van der Waals surface area contributed by atoms with Crippen LogP contribution in [0.25, 0.3) is 0 Å². The third-order valence-electron chi connectivity index (χ3n) is 3.04. The van der Waals surface area contributed by atoms with Crippen LogP contribution in [0, 0.1) is 6.92 Å². The molecule has 0 saturated heterocycles. The molecule has 0 atom stereocenters. The number of amides is 1. The zero-order valence-electron chi connectivity index (χ0n) is 12.6. The van der Waals surface area contributed by atoms with Crippen molar-refractivity contribution < 1.29 is 9.53 Å². The third-order valence-corrected chi connectivity index (χ3v) is 3.04. The highest BCUT2D eigenvalue weighted by molar-refractivity contribution is 6.04. The summed E-state index contributed by atoms with van der Waals surface area (Å²) in [5.74, 6) is 0.613. The lowest BCUT2D eigenvalue weighted by molar-refractivity contribution is 0.102. The van der Waals surface area contributed by atoms with Crippen LogP contribution in [0.5, 0.6) is 5.75 Å². The topological polar surface area (TPSA) is 77.2 Å². The molecular weight excluding hydrogens is 302 g/mol.